The first-order valence-corrected chi connectivity index (χ1v) is 7.43. The number of amides is 1. The lowest BCUT2D eigenvalue weighted by atomic mass is 10.2. The predicted molar refractivity (Wildman–Crippen MR) is 80.8 cm³/mol. The Balaban J connectivity index is 2.68. The number of pyridine rings is 1. The molecule has 6 heteroatoms. The summed E-state index contributed by atoms with van der Waals surface area (Å²) >= 11 is 1.76. The van der Waals surface area contributed by atoms with Gasteiger partial charge < -0.3 is 10.4 Å². The molecule has 0 aliphatic rings. The molecule has 0 radical (unpaired) electrons. The van der Waals surface area contributed by atoms with Crippen LogP contribution in [0, 0.1) is 0 Å². The molecular formula is C14H18N2O3S. The van der Waals surface area contributed by atoms with Crippen LogP contribution in [0.25, 0.3) is 6.08 Å². The van der Waals surface area contributed by atoms with Crippen molar-refractivity contribution in [1.82, 2.24) is 10.3 Å². The second-order valence-corrected chi connectivity index (χ2v) is 5.53. The quantitative estimate of drug-likeness (QED) is 0.752. The van der Waals surface area contributed by atoms with E-state index in [1.54, 1.807) is 17.8 Å². The number of hydrogen-bond acceptors (Lipinski definition) is 4. The van der Waals surface area contributed by atoms with E-state index in [0.717, 1.165) is 17.6 Å². The monoisotopic (exact) mass is 294 g/mol. The summed E-state index contributed by atoms with van der Waals surface area (Å²) in [5, 5.41) is 11.4. The van der Waals surface area contributed by atoms with Crippen molar-refractivity contribution in [2.45, 2.75) is 19.9 Å². The number of carbonyl (C=O) groups excluding carboxylic acids is 1. The van der Waals surface area contributed by atoms with Crippen molar-refractivity contribution in [3.05, 3.63) is 35.7 Å². The fourth-order valence-corrected chi connectivity index (χ4v) is 2.16. The second kappa shape index (κ2) is 8.37. The maximum Gasteiger partial charge on any atom is 0.328 e. The molecular weight excluding hydrogens is 276 g/mol. The van der Waals surface area contributed by atoms with E-state index in [4.69, 9.17) is 5.11 Å². The Hall–Kier alpha value is -1.82. The van der Waals surface area contributed by atoms with Gasteiger partial charge in [-0.1, -0.05) is 6.92 Å². The van der Waals surface area contributed by atoms with E-state index in [1.165, 1.54) is 18.5 Å². The summed E-state index contributed by atoms with van der Waals surface area (Å²) in [4.78, 5) is 26.4. The summed E-state index contributed by atoms with van der Waals surface area (Å²) < 4.78 is 0. The Morgan fingerprint density at radius 1 is 1.50 bits per heavy atom. The Labute approximate surface area is 122 Å². The van der Waals surface area contributed by atoms with Crippen LogP contribution >= 0.6 is 11.8 Å². The van der Waals surface area contributed by atoms with Crippen molar-refractivity contribution in [3.8, 4) is 0 Å². The van der Waals surface area contributed by atoms with Gasteiger partial charge in [-0.05, 0) is 30.4 Å². The molecule has 0 spiro atoms. The lowest BCUT2D eigenvalue weighted by molar-refractivity contribution is -0.131. The second-order valence-electron chi connectivity index (χ2n) is 4.21. The van der Waals surface area contributed by atoms with Crippen LogP contribution in [0.2, 0.25) is 0 Å². The van der Waals surface area contributed by atoms with Crippen molar-refractivity contribution in [1.29, 1.82) is 0 Å². The fourth-order valence-electron chi connectivity index (χ4n) is 1.48. The SMILES string of the molecule is CCSCC(C)NC(=O)c1cncc(/C=C/C(=O)O)c1. The smallest absolute Gasteiger partial charge is 0.328 e. The fraction of sp³-hybridized carbons (Fsp3) is 0.357. The molecule has 1 heterocycles. The minimum absolute atomic E-state index is 0.0747. The normalized spacial score (nSPS) is 12.3. The minimum atomic E-state index is -1.04. The van der Waals surface area contributed by atoms with Gasteiger partial charge >= 0.3 is 5.97 Å². The Morgan fingerprint density at radius 2 is 2.25 bits per heavy atom. The average molecular weight is 294 g/mol. The van der Waals surface area contributed by atoms with Gasteiger partial charge in [-0.3, -0.25) is 9.78 Å². The Kier molecular flexibility index (Phi) is 6.79. The van der Waals surface area contributed by atoms with Gasteiger partial charge in [-0.15, -0.1) is 0 Å². The van der Waals surface area contributed by atoms with Crippen molar-refractivity contribution >= 4 is 29.7 Å². The predicted octanol–water partition coefficient (Wildman–Crippen LogP) is 2.05. The summed E-state index contributed by atoms with van der Waals surface area (Å²) in [5.74, 6) is 0.628. The van der Waals surface area contributed by atoms with Crippen molar-refractivity contribution < 1.29 is 14.7 Å². The number of thioether (sulfide) groups is 1. The van der Waals surface area contributed by atoms with E-state index in [0.29, 0.717) is 11.1 Å². The summed E-state index contributed by atoms with van der Waals surface area (Å²) in [6.07, 6.45) is 5.39. The summed E-state index contributed by atoms with van der Waals surface area (Å²) in [6, 6.07) is 1.69. The maximum absolute atomic E-state index is 12.0. The molecule has 1 amide bonds. The molecule has 0 aromatic carbocycles. The summed E-state index contributed by atoms with van der Waals surface area (Å²) in [5.41, 5.74) is 1.00. The molecule has 0 aliphatic carbocycles. The van der Waals surface area contributed by atoms with Crippen LogP contribution in [0.15, 0.2) is 24.5 Å². The first-order valence-electron chi connectivity index (χ1n) is 6.27. The minimum Gasteiger partial charge on any atom is -0.478 e. The maximum atomic E-state index is 12.0. The molecule has 1 atom stereocenters. The number of hydrogen-bond donors (Lipinski definition) is 2. The van der Waals surface area contributed by atoms with Crippen LogP contribution in [0.1, 0.15) is 29.8 Å². The van der Waals surface area contributed by atoms with Gasteiger partial charge in [0.15, 0.2) is 0 Å². The number of rotatable bonds is 7. The van der Waals surface area contributed by atoms with E-state index in [-0.39, 0.29) is 11.9 Å². The third-order valence-corrected chi connectivity index (χ3v) is 3.53. The van der Waals surface area contributed by atoms with E-state index >= 15 is 0 Å². The molecule has 1 aromatic heterocycles. The van der Waals surface area contributed by atoms with Gasteiger partial charge in [0, 0.05) is 30.3 Å². The molecule has 2 N–H and O–H groups in total. The van der Waals surface area contributed by atoms with E-state index in [9.17, 15) is 9.59 Å². The number of aliphatic carboxylic acids is 1. The van der Waals surface area contributed by atoms with E-state index in [2.05, 4.69) is 17.2 Å². The van der Waals surface area contributed by atoms with Crippen LogP contribution in [0.5, 0.6) is 0 Å². The number of aromatic nitrogens is 1. The van der Waals surface area contributed by atoms with Crippen LogP contribution in [-0.4, -0.2) is 39.5 Å². The Bertz CT molecular complexity index is 503. The van der Waals surface area contributed by atoms with Crippen molar-refractivity contribution in [3.63, 3.8) is 0 Å². The number of carboxylic acids is 1. The molecule has 0 saturated heterocycles. The lowest BCUT2D eigenvalue weighted by Crippen LogP contribution is -2.34. The summed E-state index contributed by atoms with van der Waals surface area (Å²) in [7, 11) is 0. The summed E-state index contributed by atoms with van der Waals surface area (Å²) in [6.45, 7) is 4.02. The molecule has 0 fully saturated rings. The number of carboxylic acid groups (broad SMARTS) is 1. The molecule has 1 aromatic rings. The van der Waals surface area contributed by atoms with Gasteiger partial charge in [-0.2, -0.15) is 11.8 Å². The molecule has 5 nitrogen and oxygen atoms in total. The van der Waals surface area contributed by atoms with Gasteiger partial charge in [0.2, 0.25) is 0 Å². The number of nitrogens with one attached hydrogen (secondary N) is 1. The van der Waals surface area contributed by atoms with Crippen molar-refractivity contribution in [2.75, 3.05) is 11.5 Å². The average Bonchev–Trinajstić information content (AvgIpc) is 2.43. The molecule has 108 valence electrons. The van der Waals surface area contributed by atoms with Gasteiger partial charge in [0.05, 0.1) is 5.56 Å². The number of nitrogens with zero attached hydrogens (tertiary/aromatic N) is 1. The van der Waals surface area contributed by atoms with Crippen LogP contribution in [0.4, 0.5) is 0 Å². The van der Waals surface area contributed by atoms with Crippen LogP contribution < -0.4 is 5.32 Å². The molecule has 1 rings (SSSR count). The third-order valence-electron chi connectivity index (χ3n) is 2.39. The first-order chi connectivity index (χ1) is 9.52. The third kappa shape index (κ3) is 5.88. The van der Waals surface area contributed by atoms with Gasteiger partial charge in [0.25, 0.3) is 5.91 Å². The van der Waals surface area contributed by atoms with Gasteiger partial charge in [0.1, 0.15) is 0 Å². The zero-order chi connectivity index (χ0) is 15.0. The first kappa shape index (κ1) is 16.2. The standard InChI is InChI=1S/C14H18N2O3S/c1-3-20-9-10(2)16-14(19)12-6-11(7-15-8-12)4-5-13(17)18/h4-8,10H,3,9H2,1-2H3,(H,16,19)(H,17,18)/b5-4+. The van der Waals surface area contributed by atoms with Crippen molar-refractivity contribution in [2.24, 2.45) is 0 Å². The van der Waals surface area contributed by atoms with Crippen LogP contribution in [-0.2, 0) is 4.79 Å². The molecule has 1 unspecified atom stereocenters. The molecule has 0 saturated carbocycles. The highest BCUT2D eigenvalue weighted by atomic mass is 32.2. The zero-order valence-electron chi connectivity index (χ0n) is 11.5. The molecule has 0 bridgehead atoms. The van der Waals surface area contributed by atoms with E-state index in [1.807, 2.05) is 6.92 Å². The highest BCUT2D eigenvalue weighted by molar-refractivity contribution is 7.99. The lowest BCUT2D eigenvalue weighted by Gasteiger charge is -2.13. The highest BCUT2D eigenvalue weighted by Gasteiger charge is 2.10. The van der Waals surface area contributed by atoms with E-state index < -0.39 is 5.97 Å². The van der Waals surface area contributed by atoms with Crippen LogP contribution in [0.3, 0.4) is 0 Å². The largest absolute Gasteiger partial charge is 0.478 e. The number of carbonyl (C=O) groups is 2. The zero-order valence-corrected chi connectivity index (χ0v) is 12.3. The molecule has 20 heavy (non-hydrogen) atoms. The molecule has 0 aliphatic heterocycles. The highest BCUT2D eigenvalue weighted by Crippen LogP contribution is 2.07. The topological polar surface area (TPSA) is 79.3 Å². The Morgan fingerprint density at radius 3 is 2.90 bits per heavy atom. The van der Waals surface area contributed by atoms with Gasteiger partial charge in [-0.25, -0.2) is 4.79 Å².